The van der Waals surface area contributed by atoms with E-state index in [2.05, 4.69) is 11.9 Å². The zero-order chi connectivity index (χ0) is 8.85. The number of nitrogens with one attached hydrogen (secondary N) is 1. The predicted octanol–water partition coefficient (Wildman–Crippen LogP) is 0.873. The second-order valence-corrected chi connectivity index (χ2v) is 2.79. The van der Waals surface area contributed by atoms with Crippen LogP contribution in [0.5, 0.6) is 0 Å². The van der Waals surface area contributed by atoms with Gasteiger partial charge in [0.15, 0.2) is 0 Å². The van der Waals surface area contributed by atoms with Gasteiger partial charge in [-0.25, -0.2) is 0 Å². The van der Waals surface area contributed by atoms with Crippen molar-refractivity contribution in [1.82, 2.24) is 5.32 Å². The molecule has 0 spiro atoms. The van der Waals surface area contributed by atoms with Crippen LogP contribution in [0, 0.1) is 5.92 Å². The Labute approximate surface area is 67.1 Å². The number of rotatable bonds is 5. The lowest BCUT2D eigenvalue weighted by atomic mass is 10.1. The number of Topliss-reactive ketones (excluding diaryl/α,β-unsaturated/α-hetero) is 1. The molecule has 3 heteroatoms. The van der Waals surface area contributed by atoms with Crippen LogP contribution < -0.4 is 5.32 Å². The summed E-state index contributed by atoms with van der Waals surface area (Å²) in [7, 11) is 0. The Morgan fingerprint density at radius 2 is 2.09 bits per heavy atom. The van der Waals surface area contributed by atoms with E-state index in [1.807, 2.05) is 13.8 Å². The summed E-state index contributed by atoms with van der Waals surface area (Å²) in [5.74, 6) is 0.252. The zero-order valence-electron chi connectivity index (χ0n) is 7.05. The van der Waals surface area contributed by atoms with Crippen molar-refractivity contribution in [3.63, 3.8) is 0 Å². The molecule has 2 N–H and O–H groups in total. The second-order valence-electron chi connectivity index (χ2n) is 2.79. The van der Waals surface area contributed by atoms with Gasteiger partial charge in [0.2, 0.25) is 0 Å². The minimum absolute atomic E-state index is 0.0504. The molecule has 0 fully saturated rings. The molecule has 11 heavy (non-hydrogen) atoms. The number of ketones is 1. The molecule has 0 aliphatic heterocycles. The third-order valence-electron chi connectivity index (χ3n) is 1.27. The van der Waals surface area contributed by atoms with E-state index < -0.39 is 0 Å². The van der Waals surface area contributed by atoms with Crippen LogP contribution in [0.25, 0.3) is 0 Å². The first-order valence-electron chi connectivity index (χ1n) is 3.64. The Morgan fingerprint density at radius 3 is 2.45 bits per heavy atom. The average Bonchev–Trinajstić information content (AvgIpc) is 1.86. The van der Waals surface area contributed by atoms with E-state index in [1.165, 1.54) is 0 Å². The minimum atomic E-state index is 0.0504. The number of aliphatic hydroxyl groups is 1. The molecular formula is C8H15NO2. The molecule has 0 atom stereocenters. The van der Waals surface area contributed by atoms with Gasteiger partial charge in [-0.3, -0.25) is 4.79 Å². The first kappa shape index (κ1) is 10.2. The summed E-state index contributed by atoms with van der Waals surface area (Å²) in [5.41, 5.74) is 0. The third kappa shape index (κ3) is 5.61. The molecule has 0 aliphatic carbocycles. The highest BCUT2D eigenvalue weighted by Crippen LogP contribution is 1.91. The summed E-state index contributed by atoms with van der Waals surface area (Å²) in [5, 5.41) is 11.4. The fourth-order valence-electron chi connectivity index (χ4n) is 0.534. The van der Waals surface area contributed by atoms with Crippen LogP contribution in [0.1, 0.15) is 13.8 Å². The van der Waals surface area contributed by atoms with Crippen molar-refractivity contribution in [1.29, 1.82) is 0 Å². The van der Waals surface area contributed by atoms with Crippen molar-refractivity contribution in [2.45, 2.75) is 13.8 Å². The van der Waals surface area contributed by atoms with Crippen LogP contribution in [0.3, 0.4) is 0 Å². The van der Waals surface area contributed by atoms with Gasteiger partial charge in [0, 0.05) is 5.92 Å². The molecule has 0 bridgehead atoms. The summed E-state index contributed by atoms with van der Waals surface area (Å²) < 4.78 is 0. The van der Waals surface area contributed by atoms with Gasteiger partial charge in [-0.05, 0) is 0 Å². The van der Waals surface area contributed by atoms with Gasteiger partial charge >= 0.3 is 0 Å². The molecule has 0 aliphatic rings. The molecule has 0 unspecified atom stereocenters. The maximum atomic E-state index is 11.0. The van der Waals surface area contributed by atoms with Crippen molar-refractivity contribution in [2.75, 3.05) is 13.1 Å². The Kier molecular flexibility index (Phi) is 4.54. The van der Waals surface area contributed by atoms with Gasteiger partial charge in [0.1, 0.15) is 5.78 Å². The molecule has 0 aromatic carbocycles. The van der Waals surface area contributed by atoms with E-state index >= 15 is 0 Å². The lowest BCUT2D eigenvalue weighted by Crippen LogP contribution is -2.27. The third-order valence-corrected chi connectivity index (χ3v) is 1.27. The summed E-state index contributed by atoms with van der Waals surface area (Å²) in [6.45, 7) is 7.56. The predicted molar refractivity (Wildman–Crippen MR) is 44.5 cm³/mol. The van der Waals surface area contributed by atoms with Crippen molar-refractivity contribution in [3.05, 3.63) is 12.3 Å². The van der Waals surface area contributed by atoms with Gasteiger partial charge in [0.05, 0.1) is 18.8 Å². The van der Waals surface area contributed by atoms with Crippen molar-refractivity contribution < 1.29 is 9.90 Å². The summed E-state index contributed by atoms with van der Waals surface area (Å²) in [6.07, 6.45) is 0. The van der Waals surface area contributed by atoms with E-state index in [0.717, 1.165) is 0 Å². The smallest absolute Gasteiger partial charge is 0.149 e. The highest BCUT2D eigenvalue weighted by Gasteiger charge is 2.05. The summed E-state index contributed by atoms with van der Waals surface area (Å²) in [6, 6.07) is 0. The number of carbonyl (C=O) groups is 1. The molecule has 0 aromatic rings. The molecule has 0 saturated heterocycles. The largest absolute Gasteiger partial charge is 0.512 e. The Bertz CT molecular complexity index is 152. The van der Waals surface area contributed by atoms with Gasteiger partial charge < -0.3 is 10.4 Å². The van der Waals surface area contributed by atoms with Crippen molar-refractivity contribution in [2.24, 2.45) is 5.92 Å². The monoisotopic (exact) mass is 157 g/mol. The number of aliphatic hydroxyl groups excluding tert-OH is 1. The molecule has 0 aromatic heterocycles. The molecule has 64 valence electrons. The fourth-order valence-corrected chi connectivity index (χ4v) is 0.534. The van der Waals surface area contributed by atoms with Crippen LogP contribution in [-0.2, 0) is 4.79 Å². The van der Waals surface area contributed by atoms with Crippen LogP contribution in [0.4, 0.5) is 0 Å². The molecule has 0 rings (SSSR count). The van der Waals surface area contributed by atoms with Gasteiger partial charge in [-0.2, -0.15) is 0 Å². The van der Waals surface area contributed by atoms with Gasteiger partial charge in [-0.15, -0.1) is 0 Å². The zero-order valence-corrected chi connectivity index (χ0v) is 7.05. The lowest BCUT2D eigenvalue weighted by molar-refractivity contribution is -0.121. The average molecular weight is 157 g/mol. The standard InChI is InChI=1S/C8H15NO2/c1-6(2)8(11)5-9-4-7(3)10/h6,9-10H,3-5H2,1-2H3. The highest BCUT2D eigenvalue weighted by atomic mass is 16.3. The van der Waals surface area contributed by atoms with Crippen LogP contribution in [0.2, 0.25) is 0 Å². The summed E-state index contributed by atoms with van der Waals surface area (Å²) in [4.78, 5) is 11.0. The first-order valence-corrected chi connectivity index (χ1v) is 3.64. The molecule has 0 heterocycles. The van der Waals surface area contributed by atoms with Crippen LogP contribution in [0.15, 0.2) is 12.3 Å². The molecule has 3 nitrogen and oxygen atoms in total. The van der Waals surface area contributed by atoms with Gasteiger partial charge in [0.25, 0.3) is 0 Å². The molecule has 0 amide bonds. The Morgan fingerprint density at radius 1 is 1.55 bits per heavy atom. The fraction of sp³-hybridized carbons (Fsp3) is 0.625. The normalized spacial score (nSPS) is 10.1. The van der Waals surface area contributed by atoms with E-state index in [4.69, 9.17) is 5.11 Å². The molecule has 0 radical (unpaired) electrons. The maximum Gasteiger partial charge on any atom is 0.149 e. The minimum Gasteiger partial charge on any atom is -0.512 e. The molecular weight excluding hydrogens is 142 g/mol. The van der Waals surface area contributed by atoms with E-state index in [0.29, 0.717) is 13.1 Å². The molecule has 0 saturated carbocycles. The SMILES string of the molecule is C=C(O)CNCC(=O)C(C)C. The summed E-state index contributed by atoms with van der Waals surface area (Å²) >= 11 is 0. The first-order chi connectivity index (χ1) is 5.04. The van der Waals surface area contributed by atoms with Crippen LogP contribution in [-0.4, -0.2) is 24.0 Å². The number of hydrogen-bond donors (Lipinski definition) is 2. The maximum absolute atomic E-state index is 11.0. The van der Waals surface area contributed by atoms with E-state index in [9.17, 15) is 4.79 Å². The van der Waals surface area contributed by atoms with Crippen molar-refractivity contribution >= 4 is 5.78 Å². The Hall–Kier alpha value is -0.830. The van der Waals surface area contributed by atoms with Crippen molar-refractivity contribution in [3.8, 4) is 0 Å². The van der Waals surface area contributed by atoms with E-state index in [-0.39, 0.29) is 17.5 Å². The second kappa shape index (κ2) is 4.91. The Balaban J connectivity index is 3.39. The highest BCUT2D eigenvalue weighted by molar-refractivity contribution is 5.82. The van der Waals surface area contributed by atoms with Crippen LogP contribution >= 0.6 is 0 Å². The van der Waals surface area contributed by atoms with E-state index in [1.54, 1.807) is 0 Å². The number of carbonyl (C=O) groups excluding carboxylic acids is 1. The quantitative estimate of drug-likeness (QED) is 0.582. The topological polar surface area (TPSA) is 49.3 Å². The van der Waals surface area contributed by atoms with Gasteiger partial charge in [-0.1, -0.05) is 20.4 Å². The lowest BCUT2D eigenvalue weighted by Gasteiger charge is -2.04. The number of hydrogen-bond acceptors (Lipinski definition) is 3.